The van der Waals surface area contributed by atoms with Gasteiger partial charge in [0.05, 0.1) is 6.61 Å². The molecule has 0 radical (unpaired) electrons. The Bertz CT molecular complexity index is 297. The molecule has 0 aliphatic heterocycles. The first-order valence-electron chi connectivity index (χ1n) is 6.14. The van der Waals surface area contributed by atoms with Gasteiger partial charge in [0.2, 0.25) is 0 Å². The highest BCUT2D eigenvalue weighted by molar-refractivity contribution is 5.28. The minimum atomic E-state index is 0.699. The Morgan fingerprint density at radius 3 is 2.81 bits per heavy atom. The van der Waals surface area contributed by atoms with Gasteiger partial charge < -0.3 is 10.1 Å². The second-order valence-electron chi connectivity index (χ2n) is 4.46. The standard InChI is InChI=1S/C14H23NO/c1-4-15-11-13-6-5-7-14(10-13)16-9-8-12(2)3/h5-7,10,12,15H,4,8-9,11H2,1-3H3. The van der Waals surface area contributed by atoms with Crippen LogP contribution in [0.4, 0.5) is 0 Å². The molecule has 1 aromatic carbocycles. The van der Waals surface area contributed by atoms with Gasteiger partial charge in [0.1, 0.15) is 5.75 Å². The molecule has 2 heteroatoms. The fourth-order valence-corrected chi connectivity index (χ4v) is 1.43. The predicted molar refractivity (Wildman–Crippen MR) is 68.8 cm³/mol. The molecule has 1 rings (SSSR count). The molecule has 1 aromatic rings. The molecule has 1 N–H and O–H groups in total. The Morgan fingerprint density at radius 1 is 1.31 bits per heavy atom. The third kappa shape index (κ3) is 5.17. The van der Waals surface area contributed by atoms with E-state index in [0.717, 1.165) is 31.9 Å². The zero-order valence-electron chi connectivity index (χ0n) is 10.6. The average Bonchev–Trinajstić information content (AvgIpc) is 2.26. The van der Waals surface area contributed by atoms with Crippen molar-refractivity contribution in [1.29, 1.82) is 0 Å². The Labute approximate surface area is 99.0 Å². The Hall–Kier alpha value is -1.02. The third-order valence-corrected chi connectivity index (χ3v) is 2.44. The van der Waals surface area contributed by atoms with E-state index in [1.54, 1.807) is 0 Å². The third-order valence-electron chi connectivity index (χ3n) is 2.44. The van der Waals surface area contributed by atoms with Crippen LogP contribution in [0.2, 0.25) is 0 Å². The summed E-state index contributed by atoms with van der Waals surface area (Å²) in [5.41, 5.74) is 1.28. The fourth-order valence-electron chi connectivity index (χ4n) is 1.43. The van der Waals surface area contributed by atoms with Crippen LogP contribution in [0.15, 0.2) is 24.3 Å². The summed E-state index contributed by atoms with van der Waals surface area (Å²) in [5, 5.41) is 3.31. The number of benzene rings is 1. The van der Waals surface area contributed by atoms with E-state index >= 15 is 0 Å². The van der Waals surface area contributed by atoms with E-state index in [1.807, 2.05) is 6.07 Å². The van der Waals surface area contributed by atoms with Gasteiger partial charge in [-0.05, 0) is 36.6 Å². The smallest absolute Gasteiger partial charge is 0.119 e. The van der Waals surface area contributed by atoms with Gasteiger partial charge in [-0.15, -0.1) is 0 Å². The lowest BCUT2D eigenvalue weighted by molar-refractivity contribution is 0.289. The summed E-state index contributed by atoms with van der Waals surface area (Å²) in [6, 6.07) is 8.31. The number of rotatable bonds is 7. The van der Waals surface area contributed by atoms with Crippen LogP contribution in [0.25, 0.3) is 0 Å². The monoisotopic (exact) mass is 221 g/mol. The minimum absolute atomic E-state index is 0.699. The van der Waals surface area contributed by atoms with Crippen LogP contribution < -0.4 is 10.1 Å². The molecule has 2 nitrogen and oxygen atoms in total. The maximum absolute atomic E-state index is 5.71. The largest absolute Gasteiger partial charge is 0.494 e. The van der Waals surface area contributed by atoms with Gasteiger partial charge in [-0.3, -0.25) is 0 Å². The summed E-state index contributed by atoms with van der Waals surface area (Å²) in [6.07, 6.45) is 1.11. The van der Waals surface area contributed by atoms with E-state index in [2.05, 4.69) is 44.3 Å². The van der Waals surface area contributed by atoms with Crippen molar-refractivity contribution in [2.24, 2.45) is 5.92 Å². The Balaban J connectivity index is 2.40. The Morgan fingerprint density at radius 2 is 2.12 bits per heavy atom. The van der Waals surface area contributed by atoms with Crippen molar-refractivity contribution >= 4 is 0 Å². The van der Waals surface area contributed by atoms with Gasteiger partial charge in [-0.2, -0.15) is 0 Å². The molecular weight excluding hydrogens is 198 g/mol. The lowest BCUT2D eigenvalue weighted by Gasteiger charge is -2.09. The van der Waals surface area contributed by atoms with E-state index in [1.165, 1.54) is 5.56 Å². The second-order valence-corrected chi connectivity index (χ2v) is 4.46. The maximum Gasteiger partial charge on any atom is 0.119 e. The molecule has 90 valence electrons. The van der Waals surface area contributed by atoms with Crippen LogP contribution >= 0.6 is 0 Å². The summed E-state index contributed by atoms with van der Waals surface area (Å²) in [4.78, 5) is 0. The molecular formula is C14H23NO. The number of hydrogen-bond acceptors (Lipinski definition) is 2. The Kier molecular flexibility index (Phi) is 5.94. The van der Waals surface area contributed by atoms with Crippen LogP contribution in [-0.4, -0.2) is 13.2 Å². The lowest BCUT2D eigenvalue weighted by Crippen LogP contribution is -2.11. The van der Waals surface area contributed by atoms with Crippen LogP contribution in [0, 0.1) is 5.92 Å². The van der Waals surface area contributed by atoms with Crippen molar-refractivity contribution in [3.05, 3.63) is 29.8 Å². The van der Waals surface area contributed by atoms with Crippen LogP contribution in [-0.2, 0) is 6.54 Å². The van der Waals surface area contributed by atoms with Crippen molar-refractivity contribution < 1.29 is 4.74 Å². The SMILES string of the molecule is CCNCc1cccc(OCCC(C)C)c1. The lowest BCUT2D eigenvalue weighted by atomic mass is 10.1. The van der Waals surface area contributed by atoms with Crippen molar-refractivity contribution in [3.8, 4) is 5.75 Å². The first-order chi connectivity index (χ1) is 7.72. The molecule has 0 amide bonds. The average molecular weight is 221 g/mol. The summed E-state index contributed by atoms with van der Waals surface area (Å²) in [5.74, 6) is 1.68. The van der Waals surface area contributed by atoms with Gasteiger partial charge >= 0.3 is 0 Å². The molecule has 0 saturated carbocycles. The van der Waals surface area contributed by atoms with Crippen molar-refractivity contribution in [3.63, 3.8) is 0 Å². The molecule has 0 fully saturated rings. The molecule has 0 aromatic heterocycles. The summed E-state index contributed by atoms with van der Waals surface area (Å²) < 4.78 is 5.71. The summed E-state index contributed by atoms with van der Waals surface area (Å²) in [7, 11) is 0. The molecule has 0 unspecified atom stereocenters. The quantitative estimate of drug-likeness (QED) is 0.763. The van der Waals surface area contributed by atoms with Crippen LogP contribution in [0.3, 0.4) is 0 Å². The van der Waals surface area contributed by atoms with Gasteiger partial charge in [0.15, 0.2) is 0 Å². The van der Waals surface area contributed by atoms with Crippen molar-refractivity contribution in [1.82, 2.24) is 5.32 Å². The molecule has 0 aliphatic rings. The number of ether oxygens (including phenoxy) is 1. The van der Waals surface area contributed by atoms with Crippen LogP contribution in [0.1, 0.15) is 32.8 Å². The van der Waals surface area contributed by atoms with E-state index in [4.69, 9.17) is 4.74 Å². The molecule has 0 heterocycles. The topological polar surface area (TPSA) is 21.3 Å². The first kappa shape index (κ1) is 13.0. The molecule has 0 spiro atoms. The van der Waals surface area contributed by atoms with E-state index in [-0.39, 0.29) is 0 Å². The number of nitrogens with one attached hydrogen (secondary N) is 1. The first-order valence-corrected chi connectivity index (χ1v) is 6.14. The normalized spacial score (nSPS) is 10.8. The zero-order valence-corrected chi connectivity index (χ0v) is 10.6. The summed E-state index contributed by atoms with van der Waals surface area (Å²) in [6.45, 7) is 9.26. The zero-order chi connectivity index (χ0) is 11.8. The number of hydrogen-bond donors (Lipinski definition) is 1. The van der Waals surface area contributed by atoms with E-state index in [9.17, 15) is 0 Å². The minimum Gasteiger partial charge on any atom is -0.494 e. The van der Waals surface area contributed by atoms with Gasteiger partial charge in [0.25, 0.3) is 0 Å². The molecule has 16 heavy (non-hydrogen) atoms. The van der Waals surface area contributed by atoms with Gasteiger partial charge in [-0.1, -0.05) is 32.9 Å². The van der Waals surface area contributed by atoms with Crippen molar-refractivity contribution in [2.45, 2.75) is 33.7 Å². The maximum atomic E-state index is 5.71. The highest BCUT2D eigenvalue weighted by atomic mass is 16.5. The highest BCUT2D eigenvalue weighted by Gasteiger charge is 1.98. The van der Waals surface area contributed by atoms with Crippen LogP contribution in [0.5, 0.6) is 5.75 Å². The highest BCUT2D eigenvalue weighted by Crippen LogP contribution is 2.14. The molecule has 0 saturated heterocycles. The van der Waals surface area contributed by atoms with E-state index < -0.39 is 0 Å². The fraction of sp³-hybridized carbons (Fsp3) is 0.571. The molecule has 0 atom stereocenters. The van der Waals surface area contributed by atoms with E-state index in [0.29, 0.717) is 5.92 Å². The second kappa shape index (κ2) is 7.29. The molecule has 0 aliphatic carbocycles. The van der Waals surface area contributed by atoms with Gasteiger partial charge in [-0.25, -0.2) is 0 Å². The van der Waals surface area contributed by atoms with Crippen molar-refractivity contribution in [2.75, 3.05) is 13.2 Å². The van der Waals surface area contributed by atoms with Gasteiger partial charge in [0, 0.05) is 6.54 Å². The summed E-state index contributed by atoms with van der Waals surface area (Å²) >= 11 is 0. The molecule has 0 bridgehead atoms. The predicted octanol–water partition coefficient (Wildman–Crippen LogP) is 3.22.